The summed E-state index contributed by atoms with van der Waals surface area (Å²) in [7, 11) is 0. The van der Waals surface area contributed by atoms with E-state index >= 15 is 0 Å². The van der Waals surface area contributed by atoms with E-state index in [0.717, 1.165) is 96.2 Å². The van der Waals surface area contributed by atoms with Crippen molar-refractivity contribution in [2.75, 3.05) is 24.5 Å². The van der Waals surface area contributed by atoms with E-state index in [1.54, 1.807) is 0 Å². The minimum atomic E-state index is -0.179. The average molecular weight is 1220 g/mol. The van der Waals surface area contributed by atoms with Crippen molar-refractivity contribution in [2.45, 2.75) is 23.6 Å². The second-order valence-electron chi connectivity index (χ2n) is 24.9. The van der Waals surface area contributed by atoms with Gasteiger partial charge in [-0.15, -0.1) is 0 Å². The van der Waals surface area contributed by atoms with Crippen LogP contribution in [0, 0.1) is 13.8 Å². The molecule has 4 aliphatic heterocycles. The maximum atomic E-state index is 2.69. The lowest BCUT2D eigenvalue weighted by molar-refractivity contribution is 1.22. The molecule has 0 aromatic heterocycles. The Balaban J connectivity index is 0.974. The molecule has 4 heterocycles. The van der Waals surface area contributed by atoms with Crippen molar-refractivity contribution < 1.29 is 0 Å². The number of hydrogen-bond acceptors (Lipinski definition) is 6. The van der Waals surface area contributed by atoms with Gasteiger partial charge in [0.2, 0.25) is 6.71 Å². The second-order valence-corrected chi connectivity index (χ2v) is 26.0. The first-order chi connectivity index (χ1) is 46.5. The SMILES string of the molecule is Cc1ccc(-c2cccc(-c3ccc(C)cc3)c2N2c3cc4c(cc3B3c5ccccc5N(c5ccccc5)c5cc(N(c6ccccc6)c6ccccc6)cc2c53)B2c3ccccc3N(c3ccccc3)c3cc(N(c5ccccc5)c5ccccc5)cc(c32)S4)cc1. The van der Waals surface area contributed by atoms with Crippen LogP contribution in [-0.2, 0) is 0 Å². The molecule has 0 bridgehead atoms. The molecular weight excluding hydrogens is 1160 g/mol. The molecule has 4 aliphatic rings. The van der Waals surface area contributed by atoms with Crippen LogP contribution < -0.4 is 57.3 Å². The van der Waals surface area contributed by atoms with Crippen molar-refractivity contribution in [1.82, 2.24) is 0 Å². The molecule has 0 saturated carbocycles. The maximum absolute atomic E-state index is 2.69. The fraction of sp³-hybridized carbons (Fsp3) is 0.0233. The molecule has 5 nitrogen and oxygen atoms in total. The Morgan fingerprint density at radius 1 is 0.266 bits per heavy atom. The number of nitrogens with zero attached hydrogens (tertiary/aromatic N) is 5. The minimum absolute atomic E-state index is 0.108. The third-order valence-corrected chi connectivity index (χ3v) is 20.5. The molecule has 14 aromatic carbocycles. The van der Waals surface area contributed by atoms with E-state index in [2.05, 4.69) is 372 Å². The standard InChI is InChI=1S/C86H61B2N5S/c1-58-44-48-60(49-45-58)70-38-25-39-71(61-50-46-59(2)47-51-61)86(70)93-78-57-82-75(88-73-41-22-24-43-77(73)92(67-36-19-8-20-37-67)81-54-69(55-83(94-82)85(81)88)90(64-30-13-5-14-31-64)65-32-15-6-16-33-65)56-74(78)87-72-40-21-23-42-76(72)91(66-34-17-7-18-35-66)79-52-68(53-80(93)84(79)87)89(62-26-9-3-10-27-62)63-28-11-4-12-29-63/h3-57H,1-2H3. The van der Waals surface area contributed by atoms with Gasteiger partial charge in [-0.25, -0.2) is 0 Å². The smallest absolute Gasteiger partial charge is 0.252 e. The summed E-state index contributed by atoms with van der Waals surface area (Å²) in [5.41, 5.74) is 31.5. The third-order valence-electron chi connectivity index (χ3n) is 19.3. The number of para-hydroxylation sites is 9. The molecule has 0 fully saturated rings. The van der Waals surface area contributed by atoms with Crippen molar-refractivity contribution in [2.24, 2.45) is 0 Å². The number of hydrogen-bond donors (Lipinski definition) is 0. The van der Waals surface area contributed by atoms with Gasteiger partial charge in [0.05, 0.1) is 11.4 Å². The van der Waals surface area contributed by atoms with E-state index in [1.807, 2.05) is 11.8 Å². The lowest BCUT2D eigenvalue weighted by Gasteiger charge is -2.46. The molecular formula is C86H61B2N5S. The predicted octanol–water partition coefficient (Wildman–Crippen LogP) is 19.4. The highest BCUT2D eigenvalue weighted by atomic mass is 32.2. The molecule has 0 N–H and O–H groups in total. The van der Waals surface area contributed by atoms with Crippen molar-refractivity contribution in [1.29, 1.82) is 0 Å². The Morgan fingerprint density at radius 2 is 0.649 bits per heavy atom. The number of benzene rings is 14. The Morgan fingerprint density at radius 3 is 1.11 bits per heavy atom. The first-order valence-electron chi connectivity index (χ1n) is 32.5. The van der Waals surface area contributed by atoms with Gasteiger partial charge in [0.15, 0.2) is 0 Å². The van der Waals surface area contributed by atoms with Crippen LogP contribution in [0.15, 0.2) is 343 Å². The van der Waals surface area contributed by atoms with E-state index in [4.69, 9.17) is 0 Å². The topological polar surface area (TPSA) is 16.2 Å². The zero-order valence-electron chi connectivity index (χ0n) is 52.1. The van der Waals surface area contributed by atoms with E-state index in [9.17, 15) is 0 Å². The molecule has 0 radical (unpaired) electrons. The molecule has 0 atom stereocenters. The van der Waals surface area contributed by atoms with Gasteiger partial charge in [-0.05, 0) is 168 Å². The van der Waals surface area contributed by atoms with Gasteiger partial charge in [0.1, 0.15) is 0 Å². The monoisotopic (exact) mass is 1220 g/mol. The van der Waals surface area contributed by atoms with Gasteiger partial charge in [0, 0.05) is 94.9 Å². The average Bonchev–Trinajstić information content (AvgIpc) is 0.690. The van der Waals surface area contributed by atoms with Crippen LogP contribution in [0.5, 0.6) is 0 Å². The molecule has 94 heavy (non-hydrogen) atoms. The van der Waals surface area contributed by atoms with Crippen LogP contribution in [0.2, 0.25) is 0 Å². The van der Waals surface area contributed by atoms with Crippen molar-refractivity contribution in [3.63, 3.8) is 0 Å². The summed E-state index contributed by atoms with van der Waals surface area (Å²) in [5.74, 6) is 0. The third kappa shape index (κ3) is 9.11. The molecule has 0 saturated heterocycles. The summed E-state index contributed by atoms with van der Waals surface area (Å²) in [5, 5.41) is 0. The zero-order valence-corrected chi connectivity index (χ0v) is 52.9. The van der Waals surface area contributed by atoms with Crippen LogP contribution in [0.25, 0.3) is 22.3 Å². The normalized spacial score (nSPS) is 12.9. The van der Waals surface area contributed by atoms with E-state index in [0.29, 0.717) is 0 Å². The minimum Gasteiger partial charge on any atom is -0.311 e. The molecule has 8 heteroatoms. The second kappa shape index (κ2) is 22.7. The molecule has 442 valence electrons. The summed E-state index contributed by atoms with van der Waals surface area (Å²) in [6, 6.07) is 124. The van der Waals surface area contributed by atoms with Gasteiger partial charge in [-0.3, -0.25) is 0 Å². The van der Waals surface area contributed by atoms with Gasteiger partial charge in [-0.1, -0.05) is 247 Å². The first-order valence-corrected chi connectivity index (χ1v) is 33.3. The Hall–Kier alpha value is -11.4. The lowest BCUT2D eigenvalue weighted by atomic mass is 9.31. The largest absolute Gasteiger partial charge is 0.311 e. The number of anilines is 15. The Kier molecular flexibility index (Phi) is 13.4. The molecule has 18 rings (SSSR count). The van der Waals surface area contributed by atoms with Crippen LogP contribution in [0.4, 0.5) is 85.3 Å². The van der Waals surface area contributed by atoms with Gasteiger partial charge in [0.25, 0.3) is 6.71 Å². The zero-order chi connectivity index (χ0) is 62.4. The van der Waals surface area contributed by atoms with Crippen LogP contribution in [0.3, 0.4) is 0 Å². The van der Waals surface area contributed by atoms with Gasteiger partial charge >= 0.3 is 0 Å². The number of fused-ring (bicyclic) bond motifs is 8. The summed E-state index contributed by atoms with van der Waals surface area (Å²) >= 11 is 1.91. The summed E-state index contributed by atoms with van der Waals surface area (Å²) in [6.45, 7) is 4.08. The van der Waals surface area contributed by atoms with E-state index in [1.165, 1.54) is 65.1 Å². The fourth-order valence-electron chi connectivity index (χ4n) is 15.2. The van der Waals surface area contributed by atoms with Crippen LogP contribution in [0.1, 0.15) is 11.1 Å². The molecule has 0 unspecified atom stereocenters. The molecule has 0 amide bonds. The summed E-state index contributed by atoms with van der Waals surface area (Å²) in [6.07, 6.45) is 0. The molecule has 0 aliphatic carbocycles. The van der Waals surface area contributed by atoms with Gasteiger partial charge < -0.3 is 24.5 Å². The predicted molar refractivity (Wildman–Crippen MR) is 400 cm³/mol. The highest BCUT2D eigenvalue weighted by molar-refractivity contribution is 8.00. The summed E-state index contributed by atoms with van der Waals surface area (Å²) in [4.78, 5) is 15.1. The Bertz CT molecular complexity index is 5070. The van der Waals surface area contributed by atoms with Crippen LogP contribution in [-0.4, -0.2) is 13.4 Å². The van der Waals surface area contributed by atoms with E-state index in [-0.39, 0.29) is 13.4 Å². The van der Waals surface area contributed by atoms with Crippen molar-refractivity contribution in [3.05, 3.63) is 345 Å². The summed E-state index contributed by atoms with van der Waals surface area (Å²) < 4.78 is 0. The van der Waals surface area contributed by atoms with Crippen molar-refractivity contribution in [3.8, 4) is 22.3 Å². The van der Waals surface area contributed by atoms with Crippen molar-refractivity contribution >= 4 is 143 Å². The highest BCUT2D eigenvalue weighted by Crippen LogP contribution is 2.54. The number of aryl methyl sites for hydroxylation is 2. The van der Waals surface area contributed by atoms with Crippen LogP contribution >= 0.6 is 11.8 Å². The van der Waals surface area contributed by atoms with E-state index < -0.39 is 0 Å². The fourth-order valence-corrected chi connectivity index (χ4v) is 16.5. The number of rotatable bonds is 11. The molecule has 14 aromatic rings. The first kappa shape index (κ1) is 55.4. The van der Waals surface area contributed by atoms with Gasteiger partial charge in [-0.2, -0.15) is 0 Å². The highest BCUT2D eigenvalue weighted by Gasteiger charge is 2.48. The molecule has 0 spiro atoms. The maximum Gasteiger partial charge on any atom is 0.252 e. The quantitative estimate of drug-likeness (QED) is 0.119. The Labute approximate surface area is 554 Å². The lowest BCUT2D eigenvalue weighted by Crippen LogP contribution is -2.64.